The number of nitrogens with one attached hydrogen (secondary N) is 2. The summed E-state index contributed by atoms with van der Waals surface area (Å²) in [7, 11) is 3.30. The number of nitrogens with zero attached hydrogens (tertiary/aromatic N) is 6. The summed E-state index contributed by atoms with van der Waals surface area (Å²) in [5.41, 5.74) is 1.87. The Morgan fingerprint density at radius 1 is 1.00 bits per heavy atom. The summed E-state index contributed by atoms with van der Waals surface area (Å²) in [5, 5.41) is 17.8. The molecule has 2 N–H and O–H groups in total. The molecule has 3 heterocycles. The summed E-state index contributed by atoms with van der Waals surface area (Å²) in [4.78, 5) is 37.6. The topological polar surface area (TPSA) is 138 Å². The zero-order valence-corrected chi connectivity index (χ0v) is 18.0. The Labute approximate surface area is 178 Å². The maximum Gasteiger partial charge on any atom is 0.356 e. The number of ether oxygens (including phenoxy) is 1. The van der Waals surface area contributed by atoms with Gasteiger partial charge in [0.15, 0.2) is 5.69 Å². The van der Waals surface area contributed by atoms with E-state index in [1.165, 1.54) is 28.7 Å². The van der Waals surface area contributed by atoms with E-state index in [4.69, 9.17) is 4.74 Å². The first kappa shape index (κ1) is 21.7. The third kappa shape index (κ3) is 4.32. The first-order valence-corrected chi connectivity index (χ1v) is 9.65. The standard InChI is InChI=1S/C19H24N8O4/c1-6-27-16(18(29)22-13-9-20-25(4)11(13)3)14(10-21-27)23-17(28)12-8-15(26(5)24-12)19(30)31-7-2/h8-10H,6-7H2,1-5H3,(H,22,29)(H,23,28). The van der Waals surface area contributed by atoms with Gasteiger partial charge in [-0.05, 0) is 20.8 Å². The largest absolute Gasteiger partial charge is 0.461 e. The number of anilines is 2. The fourth-order valence-electron chi connectivity index (χ4n) is 2.92. The maximum atomic E-state index is 12.9. The molecule has 12 nitrogen and oxygen atoms in total. The second-order valence-electron chi connectivity index (χ2n) is 6.66. The van der Waals surface area contributed by atoms with E-state index in [1.807, 2.05) is 13.8 Å². The van der Waals surface area contributed by atoms with Crippen LogP contribution in [0.1, 0.15) is 51.0 Å². The van der Waals surface area contributed by atoms with Crippen LogP contribution in [0.25, 0.3) is 0 Å². The molecule has 0 aromatic carbocycles. The number of carbonyl (C=O) groups excluding carboxylic acids is 3. The summed E-state index contributed by atoms with van der Waals surface area (Å²) in [6, 6.07) is 1.33. The summed E-state index contributed by atoms with van der Waals surface area (Å²) < 4.78 is 9.32. The molecule has 0 unspecified atom stereocenters. The normalized spacial score (nSPS) is 10.7. The Morgan fingerprint density at radius 2 is 1.68 bits per heavy atom. The molecule has 0 fully saturated rings. The van der Waals surface area contributed by atoms with Crippen molar-refractivity contribution in [3.05, 3.63) is 41.2 Å². The molecule has 0 saturated heterocycles. The number of hydrogen-bond acceptors (Lipinski definition) is 7. The van der Waals surface area contributed by atoms with E-state index >= 15 is 0 Å². The number of aryl methyl sites for hydroxylation is 3. The van der Waals surface area contributed by atoms with Gasteiger partial charge in [-0.2, -0.15) is 15.3 Å². The molecule has 164 valence electrons. The highest BCUT2D eigenvalue weighted by atomic mass is 16.5. The van der Waals surface area contributed by atoms with Crippen LogP contribution in [0.3, 0.4) is 0 Å². The second kappa shape index (κ2) is 8.81. The van der Waals surface area contributed by atoms with Crippen molar-refractivity contribution in [1.29, 1.82) is 0 Å². The van der Waals surface area contributed by atoms with Crippen LogP contribution in [0.4, 0.5) is 11.4 Å². The van der Waals surface area contributed by atoms with E-state index in [1.54, 1.807) is 24.9 Å². The molecule has 3 aromatic rings. The number of amides is 2. The van der Waals surface area contributed by atoms with Crippen molar-refractivity contribution in [2.45, 2.75) is 27.3 Å². The molecule has 31 heavy (non-hydrogen) atoms. The van der Waals surface area contributed by atoms with Gasteiger partial charge in [0.1, 0.15) is 11.4 Å². The number of rotatable bonds is 7. The molecular formula is C19H24N8O4. The third-order valence-corrected chi connectivity index (χ3v) is 4.68. The Morgan fingerprint density at radius 3 is 2.29 bits per heavy atom. The van der Waals surface area contributed by atoms with Gasteiger partial charge >= 0.3 is 5.97 Å². The molecule has 0 aliphatic heterocycles. The average molecular weight is 428 g/mol. The molecule has 0 saturated carbocycles. The molecular weight excluding hydrogens is 404 g/mol. The van der Waals surface area contributed by atoms with Crippen molar-refractivity contribution < 1.29 is 19.1 Å². The lowest BCUT2D eigenvalue weighted by atomic mass is 10.3. The quantitative estimate of drug-likeness (QED) is 0.542. The lowest BCUT2D eigenvalue weighted by Gasteiger charge is -2.09. The van der Waals surface area contributed by atoms with Gasteiger partial charge in [0.25, 0.3) is 11.8 Å². The van der Waals surface area contributed by atoms with Crippen molar-refractivity contribution in [1.82, 2.24) is 29.3 Å². The molecule has 0 bridgehead atoms. The zero-order chi connectivity index (χ0) is 22.7. The van der Waals surface area contributed by atoms with Crippen LogP contribution in [0.15, 0.2) is 18.5 Å². The highest BCUT2D eigenvalue weighted by Gasteiger charge is 2.24. The van der Waals surface area contributed by atoms with E-state index in [0.29, 0.717) is 12.2 Å². The minimum atomic E-state index is -0.589. The second-order valence-corrected chi connectivity index (χ2v) is 6.66. The van der Waals surface area contributed by atoms with Gasteiger partial charge in [-0.25, -0.2) is 4.79 Å². The Kier molecular flexibility index (Phi) is 6.18. The van der Waals surface area contributed by atoms with Crippen LogP contribution in [-0.4, -0.2) is 53.7 Å². The van der Waals surface area contributed by atoms with Gasteiger partial charge in [-0.1, -0.05) is 0 Å². The molecule has 0 spiro atoms. The van der Waals surface area contributed by atoms with Gasteiger partial charge < -0.3 is 15.4 Å². The van der Waals surface area contributed by atoms with E-state index in [-0.39, 0.29) is 29.4 Å². The first-order chi connectivity index (χ1) is 14.8. The summed E-state index contributed by atoms with van der Waals surface area (Å²) in [6.07, 6.45) is 2.94. The molecule has 0 atom stereocenters. The van der Waals surface area contributed by atoms with E-state index in [2.05, 4.69) is 25.9 Å². The number of hydrogen-bond donors (Lipinski definition) is 2. The monoisotopic (exact) mass is 428 g/mol. The van der Waals surface area contributed by atoms with Gasteiger partial charge in [0.2, 0.25) is 0 Å². The van der Waals surface area contributed by atoms with E-state index in [9.17, 15) is 14.4 Å². The van der Waals surface area contributed by atoms with Crippen molar-refractivity contribution in [3.8, 4) is 0 Å². The summed E-state index contributed by atoms with van der Waals surface area (Å²) in [5.74, 6) is -1.62. The number of esters is 1. The number of aromatic nitrogens is 6. The summed E-state index contributed by atoms with van der Waals surface area (Å²) in [6.45, 7) is 5.96. The highest BCUT2D eigenvalue weighted by Crippen LogP contribution is 2.20. The van der Waals surface area contributed by atoms with Gasteiger partial charge in [-0.3, -0.25) is 23.6 Å². The summed E-state index contributed by atoms with van der Waals surface area (Å²) >= 11 is 0. The first-order valence-electron chi connectivity index (χ1n) is 9.65. The molecule has 12 heteroatoms. The van der Waals surface area contributed by atoms with Crippen LogP contribution in [0.2, 0.25) is 0 Å². The lowest BCUT2D eigenvalue weighted by molar-refractivity contribution is 0.0513. The number of carbonyl (C=O) groups is 3. The highest BCUT2D eigenvalue weighted by molar-refractivity contribution is 6.11. The van der Waals surface area contributed by atoms with Crippen LogP contribution in [0.5, 0.6) is 0 Å². The molecule has 2 amide bonds. The predicted octanol–water partition coefficient (Wildman–Crippen LogP) is 1.36. The molecule has 0 aliphatic carbocycles. The van der Waals surface area contributed by atoms with E-state index < -0.39 is 17.8 Å². The van der Waals surface area contributed by atoms with Crippen molar-refractivity contribution in [2.75, 3.05) is 17.2 Å². The van der Waals surface area contributed by atoms with Crippen LogP contribution >= 0.6 is 0 Å². The third-order valence-electron chi connectivity index (χ3n) is 4.68. The molecule has 0 aliphatic rings. The van der Waals surface area contributed by atoms with Crippen LogP contribution < -0.4 is 10.6 Å². The Balaban J connectivity index is 1.84. The molecule has 0 radical (unpaired) electrons. The van der Waals surface area contributed by atoms with Gasteiger partial charge in [0.05, 0.1) is 36.1 Å². The molecule has 3 rings (SSSR count). The fourth-order valence-corrected chi connectivity index (χ4v) is 2.92. The average Bonchev–Trinajstić information content (AvgIpc) is 3.41. The lowest BCUT2D eigenvalue weighted by Crippen LogP contribution is -2.21. The van der Waals surface area contributed by atoms with Crippen LogP contribution in [0, 0.1) is 6.92 Å². The SMILES string of the molecule is CCOC(=O)c1cc(C(=O)Nc2cnn(CC)c2C(=O)Nc2cnn(C)c2C)nn1C. The zero-order valence-electron chi connectivity index (χ0n) is 18.0. The van der Waals surface area contributed by atoms with Crippen molar-refractivity contribution in [2.24, 2.45) is 14.1 Å². The van der Waals surface area contributed by atoms with Gasteiger partial charge in [-0.15, -0.1) is 0 Å². The smallest absolute Gasteiger partial charge is 0.356 e. The maximum absolute atomic E-state index is 12.9. The van der Waals surface area contributed by atoms with E-state index in [0.717, 1.165) is 5.69 Å². The fraction of sp³-hybridized carbons (Fsp3) is 0.368. The van der Waals surface area contributed by atoms with Crippen molar-refractivity contribution in [3.63, 3.8) is 0 Å². The molecule has 3 aromatic heterocycles. The van der Waals surface area contributed by atoms with Gasteiger partial charge in [0, 0.05) is 26.7 Å². The van der Waals surface area contributed by atoms with Crippen LogP contribution in [-0.2, 0) is 25.4 Å². The predicted molar refractivity (Wildman–Crippen MR) is 111 cm³/mol. The minimum Gasteiger partial charge on any atom is -0.461 e. The van der Waals surface area contributed by atoms with Crippen molar-refractivity contribution >= 4 is 29.2 Å². The Hall–Kier alpha value is -3.96. The Bertz CT molecular complexity index is 1140. The minimum absolute atomic E-state index is 0.00395.